The molecule has 2 aromatic heterocycles. The Morgan fingerprint density at radius 3 is 1.42 bits per heavy atom. The van der Waals surface area contributed by atoms with Gasteiger partial charge in [0.15, 0.2) is 29.1 Å². The number of fused-ring (bicyclic) bond motifs is 2. The molecule has 4 aliphatic heterocycles. The average Bonchev–Trinajstić information content (AvgIpc) is 1.56. The van der Waals surface area contributed by atoms with Crippen molar-refractivity contribution in [1.29, 1.82) is 0 Å². The maximum atomic E-state index is 14.5. The molecule has 4 saturated heterocycles. The maximum absolute atomic E-state index is 14.5. The molecule has 34 heteroatoms. The first-order valence-corrected chi connectivity index (χ1v) is 36.5. The van der Waals surface area contributed by atoms with Gasteiger partial charge in [-0.3, -0.25) is 29.1 Å². The Balaban J connectivity index is 0.000000288. The number of thioether (sulfide) groups is 2. The number of esters is 1. The van der Waals surface area contributed by atoms with Crippen molar-refractivity contribution in [1.82, 2.24) is 46.4 Å². The van der Waals surface area contributed by atoms with Crippen molar-refractivity contribution in [3.05, 3.63) is 270 Å². The molecule has 8 aromatic rings. The minimum atomic E-state index is -1.48. The monoisotopic (exact) mass is 1580 g/mol. The van der Waals surface area contributed by atoms with Gasteiger partial charge >= 0.3 is 24.2 Å². The van der Waals surface area contributed by atoms with Crippen LogP contribution in [-0.4, -0.2) is 166 Å². The fourth-order valence-corrected chi connectivity index (χ4v) is 15.7. The van der Waals surface area contributed by atoms with Crippen LogP contribution in [0.25, 0.3) is 23.3 Å². The van der Waals surface area contributed by atoms with E-state index in [2.05, 4.69) is 42.3 Å². The fraction of sp³-hybridized carbons (Fsp3) is 0.253. The summed E-state index contributed by atoms with van der Waals surface area (Å²) in [4.78, 5) is 156. The van der Waals surface area contributed by atoms with E-state index in [9.17, 15) is 68.7 Å². The molecule has 12 rings (SSSR count). The van der Waals surface area contributed by atoms with Crippen molar-refractivity contribution >= 4 is 89.5 Å². The van der Waals surface area contributed by atoms with Gasteiger partial charge in [0.05, 0.1) is 57.1 Å². The number of β-lactam (4-membered cyclic amide) rings is 2. The van der Waals surface area contributed by atoms with Gasteiger partial charge < -0.3 is 91.4 Å². The number of hydrogen-bond acceptors (Lipinski definition) is 26. The van der Waals surface area contributed by atoms with Crippen LogP contribution in [-0.2, 0) is 56.8 Å². The van der Waals surface area contributed by atoms with Crippen molar-refractivity contribution in [2.24, 2.45) is 0 Å². The van der Waals surface area contributed by atoms with Crippen molar-refractivity contribution in [3.8, 4) is 34.1 Å². The Bertz CT molecular complexity index is 4820. The number of carbonyl (C=O) groups excluding carboxylic acids is 9. The second kappa shape index (κ2) is 37.9. The summed E-state index contributed by atoms with van der Waals surface area (Å²) in [6.07, 6.45) is 2.84. The van der Waals surface area contributed by atoms with E-state index < -0.39 is 92.0 Å². The number of pyridine rings is 2. The zero-order valence-electron chi connectivity index (χ0n) is 61.0. The lowest BCUT2D eigenvalue weighted by Gasteiger charge is -2.41. The third kappa shape index (κ3) is 20.4. The molecule has 6 atom stereocenters. The number of carboxylic acid groups (broad SMARTS) is 1. The van der Waals surface area contributed by atoms with Crippen molar-refractivity contribution < 1.29 is 93.4 Å². The number of benzene rings is 6. The number of aliphatic carboxylic acids is 1. The van der Waals surface area contributed by atoms with Crippen molar-refractivity contribution in [2.45, 2.75) is 84.8 Å². The predicted octanol–water partition coefficient (Wildman–Crippen LogP) is 6.94. The van der Waals surface area contributed by atoms with Gasteiger partial charge in [0, 0.05) is 69.6 Å². The third-order valence-corrected chi connectivity index (χ3v) is 21.3. The molecule has 0 spiro atoms. The van der Waals surface area contributed by atoms with Crippen LogP contribution in [0.5, 0.6) is 23.0 Å². The first kappa shape index (κ1) is 83.8. The van der Waals surface area contributed by atoms with Crippen molar-refractivity contribution in [2.75, 3.05) is 39.4 Å². The number of rotatable bonds is 25. The average molecular weight is 1580 g/mol. The molecule has 4 aliphatic rings. The molecule has 0 radical (unpaired) electrons. The van der Waals surface area contributed by atoms with Gasteiger partial charge in [0.25, 0.3) is 23.6 Å². The molecule has 12 N–H and O–H groups in total. The zero-order chi connectivity index (χ0) is 81.7. The summed E-state index contributed by atoms with van der Waals surface area (Å²) in [6, 6.07) is 48.0. The summed E-state index contributed by atoms with van der Waals surface area (Å²) >= 11 is 2.40. The van der Waals surface area contributed by atoms with Gasteiger partial charge in [-0.2, -0.15) is 0 Å². The van der Waals surface area contributed by atoms with Crippen LogP contribution in [0.3, 0.4) is 0 Å². The van der Waals surface area contributed by atoms with Crippen molar-refractivity contribution in [3.63, 3.8) is 0 Å². The zero-order valence-corrected chi connectivity index (χ0v) is 62.7. The number of ether oxygens (including phenoxy) is 4. The standard InChI is InChI=1S/C54H51N5O10S.C25H27N5O8S.2O2/c1-53(2,40-22-20-36(21-23-40)35-13-7-4-8-14-35)69-52(66)57-28-27-56-47(62)39-25-26-55-41(30-39)31-42-48(63)59-46(50(64)68-45(37-15-9-5-10-16-37)38-17-11-6-12-18-38)54(3,70-49(42)59)33-67-51(65)58-32-34-19-24-43(60)44(61)29-34;1-25(12-38-24(37)29-11-13-2-3-17(31)18(32)8-13)19(23(35)36)30-21(34)16(22(30)39-25)10-15-9-14(4-6-27-15)20(33)28-7-5-26;2*1-2/h4-26,29-31,45-46,49,60-61H,27-28,32-33H2,1-3H3,(H,56,62)(H,57,66)(H,58,65);2-4,6,8-10,19,22,31-32H,5,7,11-12,26H2,1H3,(H,28,33)(H,29,37)(H,35,36);;/b42-31-;16-10-;;/t46-,49?,54-;19-,22?,25-;;/m00../s1. The van der Waals surface area contributed by atoms with Gasteiger partial charge in [-0.1, -0.05) is 127 Å². The Labute approximate surface area is 654 Å². The van der Waals surface area contributed by atoms with E-state index in [0.29, 0.717) is 63.4 Å². The van der Waals surface area contributed by atoms with Gasteiger partial charge in [0.1, 0.15) is 35.6 Å². The molecule has 2 unspecified atom stereocenters. The highest BCUT2D eigenvalue weighted by Gasteiger charge is 2.65. The molecule has 0 saturated carbocycles. The van der Waals surface area contributed by atoms with Crippen LogP contribution in [0.15, 0.2) is 199 Å². The van der Waals surface area contributed by atoms with E-state index in [4.69, 9.17) is 38.8 Å². The Morgan fingerprint density at radius 2 is 0.965 bits per heavy atom. The van der Waals surface area contributed by atoms with Crippen LogP contribution in [0.4, 0.5) is 14.4 Å². The molecular formula is C79H78N10O22S2. The number of aromatic hydroxyl groups is 4. The predicted molar refractivity (Wildman–Crippen MR) is 412 cm³/mol. The van der Waals surface area contributed by atoms with E-state index in [1.807, 2.05) is 115 Å². The minimum Gasteiger partial charge on any atom is -0.548 e. The maximum Gasteiger partial charge on any atom is 0.408 e. The van der Waals surface area contributed by atoms with E-state index in [1.54, 1.807) is 33.8 Å². The number of quaternary nitrogens is 1. The molecular weight excluding hydrogens is 1510 g/mol. The number of aromatic nitrogens is 2. The molecule has 6 heterocycles. The molecule has 6 aromatic carbocycles. The molecule has 32 nitrogen and oxygen atoms in total. The fourth-order valence-electron chi connectivity index (χ4n) is 12.5. The van der Waals surface area contributed by atoms with Crippen LogP contribution in [0, 0.1) is 19.9 Å². The van der Waals surface area contributed by atoms with Gasteiger partial charge in [-0.05, 0) is 127 Å². The number of alkyl carbamates (subject to hydrolysis) is 3. The second-order valence-corrected chi connectivity index (χ2v) is 29.8. The number of carboxylic acids is 1. The number of nitrogens with one attached hydrogen (secondary N) is 5. The van der Waals surface area contributed by atoms with Crippen LogP contribution < -0.4 is 37.4 Å². The summed E-state index contributed by atoms with van der Waals surface area (Å²) in [6.45, 7) is 7.33. The summed E-state index contributed by atoms with van der Waals surface area (Å²) in [5, 5.41) is 62.5. The van der Waals surface area contributed by atoms with Gasteiger partial charge in [0.2, 0.25) is 0 Å². The van der Waals surface area contributed by atoms with Crippen LogP contribution >= 0.6 is 23.5 Å². The van der Waals surface area contributed by atoms with Gasteiger partial charge in [-0.25, -0.2) is 19.2 Å². The molecule has 0 aliphatic carbocycles. The molecule has 4 fully saturated rings. The number of hydrogen-bond donors (Lipinski definition) is 10. The first-order chi connectivity index (χ1) is 54.2. The summed E-state index contributed by atoms with van der Waals surface area (Å²) < 4.78 is 20.6. The third-order valence-electron chi connectivity index (χ3n) is 18.2. The van der Waals surface area contributed by atoms with Crippen LogP contribution in [0.2, 0.25) is 0 Å². The quantitative estimate of drug-likeness (QED) is 0.00691. The number of phenolic OH excluding ortho intramolecular Hbond substituents is 4. The number of amides is 7. The Kier molecular flexibility index (Phi) is 28.1. The Morgan fingerprint density at radius 1 is 0.540 bits per heavy atom. The summed E-state index contributed by atoms with van der Waals surface area (Å²) in [5.74, 6) is -5.20. The lowest BCUT2D eigenvalue weighted by Crippen LogP contribution is -2.62. The summed E-state index contributed by atoms with van der Waals surface area (Å²) in [7, 11) is 0. The Hall–Kier alpha value is -13.2. The molecule has 0 bridgehead atoms. The molecule has 588 valence electrons. The largest absolute Gasteiger partial charge is 0.548 e. The number of carbonyl (C=O) groups is 9. The van der Waals surface area contributed by atoms with Gasteiger partial charge in [-0.15, -0.1) is 23.5 Å². The molecule has 7 amide bonds. The van der Waals surface area contributed by atoms with E-state index >= 15 is 0 Å². The lowest BCUT2D eigenvalue weighted by molar-refractivity contribution is -0.364. The normalized spacial score (nSPS) is 18.9. The SMILES string of the molecule is CC(C)(OC(=O)NCCNC(=O)c1ccnc(/C=C2/C(=O)N3C2S[C@@](C)(COC(=O)NCc2ccc(O)c(O)c2)[C@@H]3C(=O)OC(c2ccccc2)c2ccccc2)c1)c1ccc(-c2ccccc2)cc1.C[C@@]1(COC(=O)NCc2ccc(O)c(O)c2)SC2/C(=C\c3cc(C(=O)NCC[NH3+])ccn3)C(=O)N2[C@H]1C(=O)[O-].O=O.O=O. The first-order valence-electron chi connectivity index (χ1n) is 34.8. The smallest absolute Gasteiger partial charge is 0.408 e. The van der Waals surface area contributed by atoms with E-state index in [1.165, 1.54) is 101 Å². The van der Waals surface area contributed by atoms with E-state index in [-0.39, 0.29) is 73.9 Å². The number of phenols is 4. The lowest BCUT2D eigenvalue weighted by atomic mass is 9.93. The highest BCUT2D eigenvalue weighted by molar-refractivity contribution is 8.02. The minimum absolute atomic E-state index is 0.0139. The number of nitrogens with zero attached hydrogens (tertiary/aromatic N) is 4. The summed E-state index contributed by atoms with van der Waals surface area (Å²) in [5.41, 5.74) is 10.0. The second-order valence-electron chi connectivity index (χ2n) is 26.5. The highest BCUT2D eigenvalue weighted by atomic mass is 32.2. The topological polar surface area (TPSA) is 483 Å². The van der Waals surface area contributed by atoms with E-state index in [0.717, 1.165) is 28.5 Å². The highest BCUT2D eigenvalue weighted by Crippen LogP contribution is 2.55. The van der Waals surface area contributed by atoms with Crippen LogP contribution in [0.1, 0.15) is 93.7 Å². The molecule has 113 heavy (non-hydrogen) atoms.